The molecule has 114 valence electrons. The molecule has 1 N–H and O–H groups in total. The van der Waals surface area contributed by atoms with Crippen LogP contribution in [0.1, 0.15) is 44.1 Å². The van der Waals surface area contributed by atoms with E-state index in [4.69, 9.17) is 0 Å². The third kappa shape index (κ3) is 4.68. The van der Waals surface area contributed by atoms with Gasteiger partial charge in [0, 0.05) is 35.9 Å². The lowest BCUT2D eigenvalue weighted by molar-refractivity contribution is 0.502. The fourth-order valence-corrected chi connectivity index (χ4v) is 2.92. The molecule has 0 aliphatic heterocycles. The molecule has 2 rings (SSSR count). The Bertz CT molecular complexity index is 550. The van der Waals surface area contributed by atoms with Gasteiger partial charge in [-0.05, 0) is 37.1 Å². The second kappa shape index (κ2) is 8.35. The van der Waals surface area contributed by atoms with Gasteiger partial charge in [0.25, 0.3) is 0 Å². The molecule has 0 spiro atoms. The van der Waals surface area contributed by atoms with Gasteiger partial charge in [-0.15, -0.1) is 0 Å². The molecule has 0 aliphatic carbocycles. The van der Waals surface area contributed by atoms with Gasteiger partial charge < -0.3 is 9.88 Å². The molecule has 0 bridgehead atoms. The fourth-order valence-electron chi connectivity index (χ4n) is 2.51. The summed E-state index contributed by atoms with van der Waals surface area (Å²) < 4.78 is 3.39. The van der Waals surface area contributed by atoms with Gasteiger partial charge in [-0.3, -0.25) is 0 Å². The lowest BCUT2D eigenvalue weighted by atomic mass is 10.0. The summed E-state index contributed by atoms with van der Waals surface area (Å²) in [5.41, 5.74) is 1.31. The van der Waals surface area contributed by atoms with Crippen LogP contribution in [0.5, 0.6) is 0 Å². The van der Waals surface area contributed by atoms with Crippen molar-refractivity contribution in [1.82, 2.24) is 14.9 Å². The maximum absolute atomic E-state index is 4.54. The zero-order valence-electron chi connectivity index (χ0n) is 12.8. The molecule has 4 heteroatoms. The number of nitrogens with one attached hydrogen (secondary N) is 1. The maximum atomic E-state index is 4.54. The predicted molar refractivity (Wildman–Crippen MR) is 91.4 cm³/mol. The third-order valence-electron chi connectivity index (χ3n) is 3.54. The van der Waals surface area contributed by atoms with E-state index in [0.29, 0.717) is 6.04 Å². The Kier molecular flexibility index (Phi) is 6.46. The summed E-state index contributed by atoms with van der Waals surface area (Å²) in [5, 5.41) is 3.65. The first kappa shape index (κ1) is 16.2. The Balaban J connectivity index is 2.17. The number of aryl methyl sites for hydroxylation is 1. The van der Waals surface area contributed by atoms with Crippen LogP contribution in [0.3, 0.4) is 0 Å². The highest BCUT2D eigenvalue weighted by molar-refractivity contribution is 9.10. The van der Waals surface area contributed by atoms with Crippen LogP contribution in [0, 0.1) is 0 Å². The van der Waals surface area contributed by atoms with E-state index in [-0.39, 0.29) is 0 Å². The van der Waals surface area contributed by atoms with Gasteiger partial charge in [0.15, 0.2) is 0 Å². The van der Waals surface area contributed by atoms with Crippen LogP contribution in [-0.2, 0) is 13.0 Å². The summed E-state index contributed by atoms with van der Waals surface area (Å²) >= 11 is 3.57. The number of nitrogens with zero attached hydrogens (tertiary/aromatic N) is 2. The van der Waals surface area contributed by atoms with E-state index >= 15 is 0 Å². The highest BCUT2D eigenvalue weighted by Crippen LogP contribution is 2.21. The van der Waals surface area contributed by atoms with Gasteiger partial charge in [0.05, 0.1) is 0 Å². The lowest BCUT2D eigenvalue weighted by Gasteiger charge is -2.19. The lowest BCUT2D eigenvalue weighted by Crippen LogP contribution is -2.25. The molecule has 1 aromatic heterocycles. The smallest absolute Gasteiger partial charge is 0.110 e. The average Bonchev–Trinajstić information content (AvgIpc) is 2.91. The summed E-state index contributed by atoms with van der Waals surface area (Å²) in [4.78, 5) is 4.54. The molecule has 21 heavy (non-hydrogen) atoms. The average molecular weight is 350 g/mol. The highest BCUT2D eigenvalue weighted by atomic mass is 79.9. The quantitative estimate of drug-likeness (QED) is 0.768. The molecule has 1 heterocycles. The highest BCUT2D eigenvalue weighted by Gasteiger charge is 2.15. The number of benzene rings is 1. The summed E-state index contributed by atoms with van der Waals surface area (Å²) in [7, 11) is 0. The van der Waals surface area contributed by atoms with Gasteiger partial charge in [-0.1, -0.05) is 41.9 Å². The van der Waals surface area contributed by atoms with Crippen LogP contribution in [-0.4, -0.2) is 16.1 Å². The Morgan fingerprint density at radius 2 is 2.14 bits per heavy atom. The van der Waals surface area contributed by atoms with E-state index in [1.165, 1.54) is 5.56 Å². The first-order chi connectivity index (χ1) is 10.2. The van der Waals surface area contributed by atoms with Gasteiger partial charge in [0.2, 0.25) is 0 Å². The van der Waals surface area contributed by atoms with E-state index < -0.39 is 0 Å². The number of halogens is 1. The normalized spacial score (nSPS) is 12.5. The topological polar surface area (TPSA) is 29.9 Å². The maximum Gasteiger partial charge on any atom is 0.110 e. The Morgan fingerprint density at radius 1 is 1.29 bits per heavy atom. The monoisotopic (exact) mass is 349 g/mol. The Morgan fingerprint density at radius 3 is 2.86 bits per heavy atom. The molecule has 1 atom stereocenters. The van der Waals surface area contributed by atoms with Crippen molar-refractivity contribution in [2.75, 3.05) is 6.54 Å². The van der Waals surface area contributed by atoms with Crippen LogP contribution in [0.15, 0.2) is 41.1 Å². The standard InChI is InChI=1S/C17H24BrN3/c1-3-8-19-16(14-6-5-7-15(18)12-14)13-17-20-9-11-21(17)10-4-2/h5-7,9,11-12,16,19H,3-4,8,10,13H2,1-2H3. The van der Waals surface area contributed by atoms with Crippen molar-refractivity contribution >= 4 is 15.9 Å². The van der Waals surface area contributed by atoms with Crippen LogP contribution in [0.25, 0.3) is 0 Å². The Hall–Kier alpha value is -1.13. The number of hydrogen-bond acceptors (Lipinski definition) is 2. The van der Waals surface area contributed by atoms with Crippen molar-refractivity contribution in [2.45, 2.75) is 45.7 Å². The van der Waals surface area contributed by atoms with Crippen LogP contribution in [0.4, 0.5) is 0 Å². The molecule has 1 unspecified atom stereocenters. The number of rotatable bonds is 8. The van der Waals surface area contributed by atoms with Crippen LogP contribution in [0.2, 0.25) is 0 Å². The predicted octanol–water partition coefficient (Wildman–Crippen LogP) is 4.34. The van der Waals surface area contributed by atoms with E-state index in [0.717, 1.165) is 42.6 Å². The van der Waals surface area contributed by atoms with Crippen molar-refractivity contribution in [3.63, 3.8) is 0 Å². The van der Waals surface area contributed by atoms with Crippen molar-refractivity contribution in [1.29, 1.82) is 0 Å². The minimum absolute atomic E-state index is 0.306. The van der Waals surface area contributed by atoms with Crippen molar-refractivity contribution in [2.24, 2.45) is 0 Å². The largest absolute Gasteiger partial charge is 0.335 e. The van der Waals surface area contributed by atoms with Gasteiger partial charge in [-0.25, -0.2) is 4.98 Å². The van der Waals surface area contributed by atoms with E-state index in [9.17, 15) is 0 Å². The molecular weight excluding hydrogens is 326 g/mol. The minimum atomic E-state index is 0.306. The third-order valence-corrected chi connectivity index (χ3v) is 4.04. The second-order valence-electron chi connectivity index (χ2n) is 5.30. The van der Waals surface area contributed by atoms with Gasteiger partial charge >= 0.3 is 0 Å². The first-order valence-electron chi connectivity index (χ1n) is 7.73. The molecule has 0 aliphatic rings. The van der Waals surface area contributed by atoms with E-state index in [1.807, 2.05) is 6.20 Å². The number of aromatic nitrogens is 2. The van der Waals surface area contributed by atoms with Crippen molar-refractivity contribution < 1.29 is 0 Å². The summed E-state index contributed by atoms with van der Waals surface area (Å²) in [6.07, 6.45) is 7.17. The summed E-state index contributed by atoms with van der Waals surface area (Å²) in [6, 6.07) is 8.85. The van der Waals surface area contributed by atoms with Gasteiger partial charge in [-0.2, -0.15) is 0 Å². The number of imidazole rings is 1. The Labute approximate surface area is 135 Å². The van der Waals surface area contributed by atoms with E-state index in [1.54, 1.807) is 0 Å². The summed E-state index contributed by atoms with van der Waals surface area (Å²) in [5.74, 6) is 1.16. The molecular formula is C17H24BrN3. The zero-order valence-corrected chi connectivity index (χ0v) is 14.4. The second-order valence-corrected chi connectivity index (χ2v) is 6.22. The van der Waals surface area contributed by atoms with Crippen molar-refractivity contribution in [3.8, 4) is 0 Å². The van der Waals surface area contributed by atoms with Crippen LogP contribution < -0.4 is 5.32 Å². The molecule has 0 radical (unpaired) electrons. The van der Waals surface area contributed by atoms with E-state index in [2.05, 4.69) is 75.1 Å². The molecule has 0 saturated carbocycles. The molecule has 2 aromatic rings. The zero-order chi connectivity index (χ0) is 15.1. The first-order valence-corrected chi connectivity index (χ1v) is 8.52. The summed E-state index contributed by atoms with van der Waals surface area (Å²) in [6.45, 7) is 6.45. The van der Waals surface area contributed by atoms with Gasteiger partial charge in [0.1, 0.15) is 5.82 Å². The molecule has 0 amide bonds. The molecule has 3 nitrogen and oxygen atoms in total. The molecule has 0 saturated heterocycles. The molecule has 0 fully saturated rings. The number of hydrogen-bond donors (Lipinski definition) is 1. The van der Waals surface area contributed by atoms with Crippen molar-refractivity contribution in [3.05, 3.63) is 52.5 Å². The van der Waals surface area contributed by atoms with Crippen LogP contribution >= 0.6 is 15.9 Å². The fraction of sp³-hybridized carbons (Fsp3) is 0.471. The molecule has 1 aromatic carbocycles. The SMILES string of the molecule is CCCNC(Cc1nccn1CCC)c1cccc(Br)c1. The minimum Gasteiger partial charge on any atom is -0.335 e.